The molecule has 0 radical (unpaired) electrons. The average Bonchev–Trinajstić information content (AvgIpc) is 2.92. The van der Waals surface area contributed by atoms with Crippen LogP contribution in [0.4, 0.5) is 0 Å². The van der Waals surface area contributed by atoms with E-state index in [1.165, 1.54) is 0 Å². The summed E-state index contributed by atoms with van der Waals surface area (Å²) in [5.41, 5.74) is 24.5. The van der Waals surface area contributed by atoms with Gasteiger partial charge in [0, 0.05) is 25.9 Å². The lowest BCUT2D eigenvalue weighted by molar-refractivity contribution is -0.123. The van der Waals surface area contributed by atoms with Crippen LogP contribution in [0.25, 0.3) is 0 Å². The summed E-state index contributed by atoms with van der Waals surface area (Å²) in [7, 11) is 0. The highest BCUT2D eigenvalue weighted by molar-refractivity contribution is 5.98. The lowest BCUT2D eigenvalue weighted by Crippen LogP contribution is -2.50. The number of hydrogen-bond acceptors (Lipinski definition) is 6. The van der Waals surface area contributed by atoms with Crippen molar-refractivity contribution < 1.29 is 9.59 Å². The second-order valence-electron chi connectivity index (χ2n) is 8.69. The molecule has 8 heteroatoms. The highest BCUT2D eigenvalue weighted by atomic mass is 35.5. The van der Waals surface area contributed by atoms with Gasteiger partial charge in [0.2, 0.25) is 0 Å². The maximum absolute atomic E-state index is 13.4. The molecule has 0 fully saturated rings. The normalized spacial score (nSPS) is 13.3. The van der Waals surface area contributed by atoms with E-state index < -0.39 is 22.6 Å². The van der Waals surface area contributed by atoms with Crippen LogP contribution in [-0.2, 0) is 46.6 Å². The van der Waals surface area contributed by atoms with Crippen LogP contribution in [-0.4, -0.2) is 11.6 Å². The Labute approximate surface area is 236 Å². The zero-order chi connectivity index (χ0) is 26.3. The molecule has 0 bridgehead atoms. The molecule has 0 amide bonds. The van der Waals surface area contributed by atoms with Crippen LogP contribution < -0.4 is 22.9 Å². The molecular formula is C30H32Cl2N4O2. The van der Waals surface area contributed by atoms with Crippen molar-refractivity contribution in [3.63, 3.8) is 0 Å². The molecule has 3 rings (SSSR count). The number of benzene rings is 3. The fraction of sp³-hybridized carbons (Fsp3) is 0.200. The first-order chi connectivity index (χ1) is 17.2. The van der Waals surface area contributed by atoms with Gasteiger partial charge in [0.25, 0.3) is 0 Å². The molecule has 2 atom stereocenters. The number of carbonyl (C=O) groups excluding carboxylic acids is 2. The van der Waals surface area contributed by atoms with Gasteiger partial charge in [-0.1, -0.05) is 84.6 Å². The van der Waals surface area contributed by atoms with Crippen LogP contribution in [0.2, 0.25) is 0 Å². The fourth-order valence-electron chi connectivity index (χ4n) is 4.02. The molecule has 2 unspecified atom stereocenters. The van der Waals surface area contributed by atoms with E-state index in [1.807, 2.05) is 24.3 Å². The topological polar surface area (TPSA) is 138 Å². The molecule has 0 heterocycles. The largest absolute Gasteiger partial charge is 0.326 e. The fourth-order valence-corrected chi connectivity index (χ4v) is 4.02. The highest BCUT2D eigenvalue weighted by Crippen LogP contribution is 2.32. The monoisotopic (exact) mass is 550 g/mol. The first kappa shape index (κ1) is 32.6. The first-order valence-corrected chi connectivity index (χ1v) is 11.5. The van der Waals surface area contributed by atoms with Crippen molar-refractivity contribution in [1.29, 1.82) is 0 Å². The summed E-state index contributed by atoms with van der Waals surface area (Å²) in [4.78, 5) is 26.9. The van der Waals surface area contributed by atoms with Gasteiger partial charge in [-0.15, -0.1) is 37.7 Å². The molecule has 8 N–H and O–H groups in total. The van der Waals surface area contributed by atoms with Gasteiger partial charge in [-0.25, -0.2) is 0 Å². The molecule has 0 aliphatic carbocycles. The summed E-state index contributed by atoms with van der Waals surface area (Å²) in [5.74, 6) is 4.02. The molecule has 0 spiro atoms. The number of nitrogens with two attached hydrogens (primary N) is 4. The smallest absolute Gasteiger partial charge is 0.173 e. The van der Waals surface area contributed by atoms with E-state index in [4.69, 9.17) is 35.8 Å². The van der Waals surface area contributed by atoms with E-state index in [0.29, 0.717) is 13.1 Å². The number of rotatable bonds is 10. The average molecular weight is 552 g/mol. The number of hydrogen-bond donors (Lipinski definition) is 4. The van der Waals surface area contributed by atoms with Gasteiger partial charge in [0.1, 0.15) is 0 Å². The first-order valence-electron chi connectivity index (χ1n) is 11.5. The van der Waals surface area contributed by atoms with E-state index in [1.54, 1.807) is 48.5 Å². The van der Waals surface area contributed by atoms with Crippen LogP contribution in [0.5, 0.6) is 0 Å². The van der Waals surface area contributed by atoms with Gasteiger partial charge in [-0.3, -0.25) is 9.59 Å². The van der Waals surface area contributed by atoms with Crippen LogP contribution in [0, 0.1) is 24.7 Å². The Bertz CT molecular complexity index is 1240. The maximum Gasteiger partial charge on any atom is 0.173 e. The number of Topliss-reactive ketones (excluding diaryl/α,β-unsaturated/α-hetero) is 2. The summed E-state index contributed by atoms with van der Waals surface area (Å²) in [6, 6.07) is 21.1. The number of ketones is 2. The van der Waals surface area contributed by atoms with Crippen molar-refractivity contribution in [2.24, 2.45) is 22.9 Å². The Balaban J connectivity index is 0.00000361. The highest BCUT2D eigenvalue weighted by Gasteiger charge is 2.42. The third-order valence-corrected chi connectivity index (χ3v) is 6.36. The molecule has 6 nitrogen and oxygen atoms in total. The van der Waals surface area contributed by atoms with E-state index >= 15 is 0 Å². The Hall–Kier alpha value is -3.46. The predicted octanol–water partition coefficient (Wildman–Crippen LogP) is 2.65. The SMILES string of the molecule is C#CC(N)(C(=O)Cc1ccc(CN)cc1)c1ccccc1C(N)(C#C)C(=O)Cc1ccc(CN)cc1.Cl.Cl. The molecule has 3 aromatic rings. The number of carbonyl (C=O) groups is 2. The number of halogens is 2. The minimum Gasteiger partial charge on any atom is -0.326 e. The molecule has 38 heavy (non-hydrogen) atoms. The number of terminal acetylenes is 2. The van der Waals surface area contributed by atoms with Gasteiger partial charge in [0.15, 0.2) is 22.6 Å². The minimum absolute atomic E-state index is 0. The molecule has 0 saturated carbocycles. The summed E-state index contributed by atoms with van der Waals surface area (Å²) in [5, 5.41) is 0. The van der Waals surface area contributed by atoms with Crippen molar-refractivity contribution in [1.82, 2.24) is 0 Å². The third kappa shape index (κ3) is 6.69. The van der Waals surface area contributed by atoms with Crippen LogP contribution >= 0.6 is 24.8 Å². The molecule has 3 aromatic carbocycles. The zero-order valence-electron chi connectivity index (χ0n) is 20.9. The lowest BCUT2D eigenvalue weighted by atomic mass is 9.75. The summed E-state index contributed by atoms with van der Waals surface area (Å²) in [6.07, 6.45) is 11.6. The van der Waals surface area contributed by atoms with Crippen molar-refractivity contribution in [2.75, 3.05) is 0 Å². The van der Waals surface area contributed by atoms with Gasteiger partial charge < -0.3 is 22.9 Å². The quantitative estimate of drug-likeness (QED) is 0.286. The Kier molecular flexibility index (Phi) is 11.9. The van der Waals surface area contributed by atoms with E-state index in [0.717, 1.165) is 22.3 Å². The van der Waals surface area contributed by atoms with Crippen molar-refractivity contribution in [3.05, 3.63) is 106 Å². The summed E-state index contributed by atoms with van der Waals surface area (Å²) < 4.78 is 0. The summed E-state index contributed by atoms with van der Waals surface area (Å²) >= 11 is 0. The van der Waals surface area contributed by atoms with Crippen LogP contribution in [0.3, 0.4) is 0 Å². The van der Waals surface area contributed by atoms with Gasteiger partial charge in [-0.05, 0) is 33.4 Å². The van der Waals surface area contributed by atoms with E-state index in [2.05, 4.69) is 11.8 Å². The second-order valence-corrected chi connectivity index (χ2v) is 8.69. The third-order valence-electron chi connectivity index (χ3n) is 6.36. The standard InChI is InChI=1S/C30H30N4O2.2ClH/c1-3-29(33,27(35)17-21-9-13-23(19-31)14-10-21)25-7-5-6-8-26(25)30(34,4-2)28(36)18-22-11-15-24(20-32)16-12-22;;/h1-2,5-16H,17-20,31-34H2;2*1H. The van der Waals surface area contributed by atoms with Gasteiger partial charge in [0.05, 0.1) is 0 Å². The Morgan fingerprint density at radius 1 is 0.605 bits per heavy atom. The lowest BCUT2D eigenvalue weighted by Gasteiger charge is -2.31. The van der Waals surface area contributed by atoms with Crippen LogP contribution in [0.15, 0.2) is 72.8 Å². The second kappa shape index (κ2) is 13.9. The summed E-state index contributed by atoms with van der Waals surface area (Å²) in [6.45, 7) is 0.783. The Morgan fingerprint density at radius 2 is 0.895 bits per heavy atom. The van der Waals surface area contributed by atoms with E-state index in [9.17, 15) is 9.59 Å². The molecule has 0 aromatic heterocycles. The van der Waals surface area contributed by atoms with Gasteiger partial charge >= 0.3 is 0 Å². The predicted molar refractivity (Wildman–Crippen MR) is 156 cm³/mol. The van der Waals surface area contributed by atoms with E-state index in [-0.39, 0.29) is 48.8 Å². The minimum atomic E-state index is -1.85. The maximum atomic E-state index is 13.4. The molecule has 0 aliphatic rings. The molecule has 198 valence electrons. The zero-order valence-corrected chi connectivity index (χ0v) is 22.5. The van der Waals surface area contributed by atoms with Crippen molar-refractivity contribution in [3.8, 4) is 24.7 Å². The van der Waals surface area contributed by atoms with Crippen molar-refractivity contribution in [2.45, 2.75) is 37.0 Å². The van der Waals surface area contributed by atoms with Crippen LogP contribution in [0.1, 0.15) is 33.4 Å². The van der Waals surface area contributed by atoms with Gasteiger partial charge in [-0.2, -0.15) is 0 Å². The Morgan fingerprint density at radius 3 is 1.16 bits per heavy atom. The van der Waals surface area contributed by atoms with Crippen molar-refractivity contribution >= 4 is 36.4 Å². The molecular weight excluding hydrogens is 519 g/mol. The molecule has 0 saturated heterocycles. The molecule has 0 aliphatic heterocycles.